The topological polar surface area (TPSA) is 81.9 Å². The first-order chi connectivity index (χ1) is 9.11. The van der Waals surface area contributed by atoms with Crippen LogP contribution in [-0.4, -0.2) is 32.1 Å². The molecule has 102 valence electrons. The molecule has 2 N–H and O–H groups in total. The van der Waals surface area contributed by atoms with E-state index in [-0.39, 0.29) is 18.7 Å². The lowest BCUT2D eigenvalue weighted by Crippen LogP contribution is -2.38. The van der Waals surface area contributed by atoms with E-state index in [1.165, 1.54) is 7.11 Å². The van der Waals surface area contributed by atoms with Gasteiger partial charge in [0, 0.05) is 12.1 Å². The lowest BCUT2D eigenvalue weighted by atomic mass is 10.2. The fourth-order valence-electron chi connectivity index (χ4n) is 1.94. The number of fused-ring (bicyclic) bond motifs is 1. The maximum absolute atomic E-state index is 12.1. The average molecular weight is 264 g/mol. The zero-order valence-electron chi connectivity index (χ0n) is 10.7. The molecule has 1 amide bonds. The Balaban J connectivity index is 2.12. The van der Waals surface area contributed by atoms with E-state index in [2.05, 4.69) is 4.74 Å². The summed E-state index contributed by atoms with van der Waals surface area (Å²) in [7, 11) is 1.30. The SMILES string of the molecule is COC(=O)CCC(=O)N1CCOc2ccc(N)cc21. The summed E-state index contributed by atoms with van der Waals surface area (Å²) in [4.78, 5) is 24.8. The van der Waals surface area contributed by atoms with Crippen molar-refractivity contribution in [2.24, 2.45) is 0 Å². The molecular formula is C13H16N2O4. The molecule has 1 aliphatic rings. The number of nitrogens with zero attached hydrogens (tertiary/aromatic N) is 1. The van der Waals surface area contributed by atoms with Crippen molar-refractivity contribution >= 4 is 23.3 Å². The van der Waals surface area contributed by atoms with Gasteiger partial charge in [-0.3, -0.25) is 9.59 Å². The molecule has 0 spiro atoms. The summed E-state index contributed by atoms with van der Waals surface area (Å²) in [5.41, 5.74) is 6.94. The normalized spacial score (nSPS) is 13.4. The van der Waals surface area contributed by atoms with Crippen LogP contribution in [0.2, 0.25) is 0 Å². The largest absolute Gasteiger partial charge is 0.490 e. The van der Waals surface area contributed by atoms with Gasteiger partial charge >= 0.3 is 5.97 Å². The van der Waals surface area contributed by atoms with Crippen molar-refractivity contribution in [2.45, 2.75) is 12.8 Å². The number of benzene rings is 1. The van der Waals surface area contributed by atoms with Gasteiger partial charge in [-0.1, -0.05) is 0 Å². The minimum absolute atomic E-state index is 0.0737. The van der Waals surface area contributed by atoms with Crippen molar-refractivity contribution in [1.29, 1.82) is 0 Å². The number of amides is 1. The Morgan fingerprint density at radius 2 is 2.21 bits per heavy atom. The Labute approximate surface area is 111 Å². The Hall–Kier alpha value is -2.24. The van der Waals surface area contributed by atoms with Crippen LogP contribution in [0.5, 0.6) is 5.75 Å². The monoisotopic (exact) mass is 264 g/mol. The number of carbonyl (C=O) groups excluding carboxylic acids is 2. The molecule has 0 unspecified atom stereocenters. The summed E-state index contributed by atoms with van der Waals surface area (Å²) < 4.78 is 9.99. The maximum atomic E-state index is 12.1. The molecule has 1 aromatic carbocycles. The highest BCUT2D eigenvalue weighted by molar-refractivity contribution is 5.97. The van der Waals surface area contributed by atoms with Crippen molar-refractivity contribution in [2.75, 3.05) is 30.9 Å². The number of rotatable bonds is 3. The molecule has 1 aliphatic heterocycles. The van der Waals surface area contributed by atoms with Crippen LogP contribution in [0.25, 0.3) is 0 Å². The van der Waals surface area contributed by atoms with Gasteiger partial charge in [0.25, 0.3) is 0 Å². The average Bonchev–Trinajstić information content (AvgIpc) is 2.43. The fourth-order valence-corrected chi connectivity index (χ4v) is 1.94. The minimum atomic E-state index is -0.394. The number of nitrogen functional groups attached to an aromatic ring is 1. The van der Waals surface area contributed by atoms with Crippen molar-refractivity contribution in [3.8, 4) is 5.75 Å². The van der Waals surface area contributed by atoms with Crippen LogP contribution in [-0.2, 0) is 14.3 Å². The van der Waals surface area contributed by atoms with E-state index in [4.69, 9.17) is 10.5 Å². The van der Waals surface area contributed by atoms with E-state index in [1.54, 1.807) is 23.1 Å². The first kappa shape index (κ1) is 13.2. The van der Waals surface area contributed by atoms with Crippen LogP contribution in [0.3, 0.4) is 0 Å². The lowest BCUT2D eigenvalue weighted by molar-refractivity contribution is -0.141. The van der Waals surface area contributed by atoms with Gasteiger partial charge < -0.3 is 20.1 Å². The number of carbonyl (C=O) groups is 2. The van der Waals surface area contributed by atoms with Gasteiger partial charge in [0.05, 0.1) is 25.8 Å². The van der Waals surface area contributed by atoms with E-state index < -0.39 is 5.97 Å². The summed E-state index contributed by atoms with van der Waals surface area (Å²) in [6.07, 6.45) is 0.186. The molecular weight excluding hydrogens is 248 g/mol. The molecule has 0 saturated heterocycles. The van der Waals surface area contributed by atoms with E-state index in [1.807, 2.05) is 0 Å². The highest BCUT2D eigenvalue weighted by Gasteiger charge is 2.24. The number of esters is 1. The summed E-state index contributed by atoms with van der Waals surface area (Å²) in [5.74, 6) is 0.0989. The molecule has 6 heteroatoms. The predicted octanol–water partition coefficient (Wildman–Crippen LogP) is 0.947. The van der Waals surface area contributed by atoms with Gasteiger partial charge in [-0.15, -0.1) is 0 Å². The van der Waals surface area contributed by atoms with Crippen LogP contribution in [0.4, 0.5) is 11.4 Å². The second kappa shape index (κ2) is 5.60. The summed E-state index contributed by atoms with van der Waals surface area (Å²) in [6.45, 7) is 0.886. The molecule has 0 aliphatic carbocycles. The molecule has 1 heterocycles. The maximum Gasteiger partial charge on any atom is 0.306 e. The van der Waals surface area contributed by atoms with Gasteiger partial charge in [0.15, 0.2) is 0 Å². The van der Waals surface area contributed by atoms with Crippen LogP contribution in [0, 0.1) is 0 Å². The van der Waals surface area contributed by atoms with Crippen molar-refractivity contribution in [3.63, 3.8) is 0 Å². The van der Waals surface area contributed by atoms with Gasteiger partial charge in [-0.05, 0) is 18.2 Å². The second-order valence-electron chi connectivity index (χ2n) is 4.20. The third-order valence-electron chi connectivity index (χ3n) is 2.92. The number of methoxy groups -OCH3 is 1. The summed E-state index contributed by atoms with van der Waals surface area (Å²) in [6, 6.07) is 5.16. The van der Waals surface area contributed by atoms with Crippen LogP contribution in [0.15, 0.2) is 18.2 Å². The number of ether oxygens (including phenoxy) is 2. The molecule has 0 radical (unpaired) electrons. The Kier molecular flexibility index (Phi) is 3.89. The highest BCUT2D eigenvalue weighted by atomic mass is 16.5. The smallest absolute Gasteiger partial charge is 0.306 e. The standard InChI is InChI=1S/C13H16N2O4/c1-18-13(17)5-4-12(16)15-6-7-19-11-3-2-9(14)8-10(11)15/h2-3,8H,4-7,14H2,1H3. The number of nitrogens with two attached hydrogens (primary N) is 1. The predicted molar refractivity (Wildman–Crippen MR) is 70.0 cm³/mol. The van der Waals surface area contributed by atoms with Gasteiger partial charge in [-0.2, -0.15) is 0 Å². The fraction of sp³-hybridized carbons (Fsp3) is 0.385. The number of hydrogen-bond donors (Lipinski definition) is 1. The summed E-state index contributed by atoms with van der Waals surface area (Å²) >= 11 is 0. The highest BCUT2D eigenvalue weighted by Crippen LogP contribution is 2.33. The molecule has 0 aromatic heterocycles. The zero-order chi connectivity index (χ0) is 13.8. The molecule has 19 heavy (non-hydrogen) atoms. The van der Waals surface area contributed by atoms with Crippen molar-refractivity contribution in [3.05, 3.63) is 18.2 Å². The van der Waals surface area contributed by atoms with E-state index >= 15 is 0 Å². The number of hydrogen-bond acceptors (Lipinski definition) is 5. The van der Waals surface area contributed by atoms with E-state index in [0.717, 1.165) is 0 Å². The molecule has 0 atom stereocenters. The van der Waals surface area contributed by atoms with E-state index in [9.17, 15) is 9.59 Å². The molecule has 0 fully saturated rings. The Morgan fingerprint density at radius 1 is 1.42 bits per heavy atom. The van der Waals surface area contributed by atoms with Gasteiger partial charge in [0.1, 0.15) is 12.4 Å². The third kappa shape index (κ3) is 2.96. The molecule has 0 saturated carbocycles. The van der Waals surface area contributed by atoms with E-state index in [0.29, 0.717) is 30.3 Å². The Morgan fingerprint density at radius 3 is 2.95 bits per heavy atom. The quantitative estimate of drug-likeness (QED) is 0.649. The van der Waals surface area contributed by atoms with Crippen LogP contribution < -0.4 is 15.4 Å². The van der Waals surface area contributed by atoms with Crippen molar-refractivity contribution < 1.29 is 19.1 Å². The van der Waals surface area contributed by atoms with Gasteiger partial charge in [-0.25, -0.2) is 0 Å². The van der Waals surface area contributed by atoms with Crippen LogP contribution in [0.1, 0.15) is 12.8 Å². The summed E-state index contributed by atoms with van der Waals surface area (Å²) in [5, 5.41) is 0. The zero-order valence-corrected chi connectivity index (χ0v) is 10.7. The first-order valence-corrected chi connectivity index (χ1v) is 6.01. The first-order valence-electron chi connectivity index (χ1n) is 6.01. The third-order valence-corrected chi connectivity index (χ3v) is 2.92. The minimum Gasteiger partial charge on any atom is -0.490 e. The molecule has 0 bridgehead atoms. The van der Waals surface area contributed by atoms with Crippen LogP contribution >= 0.6 is 0 Å². The second-order valence-corrected chi connectivity index (χ2v) is 4.20. The van der Waals surface area contributed by atoms with Gasteiger partial charge in [0.2, 0.25) is 5.91 Å². The molecule has 1 aromatic rings. The Bertz CT molecular complexity index is 501. The lowest BCUT2D eigenvalue weighted by Gasteiger charge is -2.29. The van der Waals surface area contributed by atoms with Crippen molar-refractivity contribution in [1.82, 2.24) is 0 Å². The number of anilines is 2. The molecule has 6 nitrogen and oxygen atoms in total. The molecule has 2 rings (SSSR count).